The number of anilines is 1. The molecule has 3 rings (SSSR count). The molecule has 0 bridgehead atoms. The summed E-state index contributed by atoms with van der Waals surface area (Å²) >= 11 is 14.3. The van der Waals surface area contributed by atoms with E-state index >= 15 is 0 Å². The lowest BCUT2D eigenvalue weighted by atomic mass is 10.1. The minimum Gasteiger partial charge on any atom is -0.490 e. The summed E-state index contributed by atoms with van der Waals surface area (Å²) < 4.78 is 12.6. The number of nitriles is 1. The Morgan fingerprint density at radius 2 is 1.91 bits per heavy atom. The van der Waals surface area contributed by atoms with Gasteiger partial charge in [-0.05, 0) is 83.1 Å². The normalized spacial score (nSPS) is 10.9. The summed E-state index contributed by atoms with van der Waals surface area (Å²) in [6.07, 6.45) is 1.50. The first-order valence-electron chi connectivity index (χ1n) is 9.92. The lowest BCUT2D eigenvalue weighted by Gasteiger charge is -2.15. The van der Waals surface area contributed by atoms with Crippen molar-refractivity contribution in [2.75, 3.05) is 11.9 Å². The lowest BCUT2D eigenvalue weighted by Crippen LogP contribution is -2.13. The van der Waals surface area contributed by atoms with Crippen LogP contribution in [-0.2, 0) is 11.4 Å². The van der Waals surface area contributed by atoms with Crippen molar-refractivity contribution in [2.24, 2.45) is 0 Å². The molecule has 0 unspecified atom stereocenters. The second-order valence-corrected chi connectivity index (χ2v) is 8.79. The first-order valence-corrected chi connectivity index (χ1v) is 11.8. The molecule has 8 heteroatoms. The number of halogens is 3. The van der Waals surface area contributed by atoms with Gasteiger partial charge in [-0.3, -0.25) is 4.79 Å². The molecule has 5 nitrogen and oxygen atoms in total. The van der Waals surface area contributed by atoms with Gasteiger partial charge < -0.3 is 14.8 Å². The maximum absolute atomic E-state index is 12.6. The molecule has 0 aromatic heterocycles. The molecule has 0 aliphatic carbocycles. The second-order valence-electron chi connectivity index (χ2n) is 6.79. The van der Waals surface area contributed by atoms with Gasteiger partial charge in [0.1, 0.15) is 18.2 Å². The van der Waals surface area contributed by atoms with E-state index in [-0.39, 0.29) is 5.57 Å². The highest BCUT2D eigenvalue weighted by Gasteiger charge is 2.15. The van der Waals surface area contributed by atoms with Gasteiger partial charge in [0, 0.05) is 5.02 Å². The van der Waals surface area contributed by atoms with Crippen molar-refractivity contribution in [1.29, 1.82) is 5.26 Å². The lowest BCUT2D eigenvalue weighted by molar-refractivity contribution is -0.112. The Bertz CT molecular complexity index is 1240. The van der Waals surface area contributed by atoms with E-state index in [4.69, 9.17) is 32.7 Å². The Morgan fingerprint density at radius 3 is 2.61 bits per heavy atom. The fourth-order valence-corrected chi connectivity index (χ4v) is 4.10. The van der Waals surface area contributed by atoms with E-state index in [1.54, 1.807) is 36.4 Å². The van der Waals surface area contributed by atoms with Crippen molar-refractivity contribution in [3.8, 4) is 17.6 Å². The van der Waals surface area contributed by atoms with Crippen LogP contribution in [0.15, 0.2) is 66.2 Å². The Kier molecular flexibility index (Phi) is 9.01. The topological polar surface area (TPSA) is 71.3 Å². The predicted octanol–water partition coefficient (Wildman–Crippen LogP) is 7.12. The van der Waals surface area contributed by atoms with Gasteiger partial charge in [-0.15, -0.1) is 0 Å². The number of nitrogens with one attached hydrogen (secondary N) is 1. The Hall–Kier alpha value is -2.73. The summed E-state index contributed by atoms with van der Waals surface area (Å²) in [6.45, 7) is 2.61. The SMILES string of the molecule is CCOc1cc(/C=C(\C#N)C(=O)Nc2ccccc2Cl)cc(I)c1OCc1cccc(Cl)c1. The van der Waals surface area contributed by atoms with Crippen LogP contribution in [0.4, 0.5) is 5.69 Å². The fraction of sp³-hybridized carbons (Fsp3) is 0.120. The third-order valence-corrected chi connectivity index (χ3v) is 5.77. The maximum atomic E-state index is 12.6. The van der Waals surface area contributed by atoms with E-state index in [9.17, 15) is 10.1 Å². The van der Waals surface area contributed by atoms with Crippen molar-refractivity contribution < 1.29 is 14.3 Å². The number of rotatable bonds is 8. The van der Waals surface area contributed by atoms with E-state index in [0.717, 1.165) is 9.13 Å². The molecule has 3 aromatic rings. The average Bonchev–Trinajstić information content (AvgIpc) is 2.78. The molecule has 1 amide bonds. The van der Waals surface area contributed by atoms with Crippen LogP contribution in [0.25, 0.3) is 6.08 Å². The van der Waals surface area contributed by atoms with Gasteiger partial charge in [0.25, 0.3) is 5.91 Å². The smallest absolute Gasteiger partial charge is 0.266 e. The van der Waals surface area contributed by atoms with E-state index in [2.05, 4.69) is 27.9 Å². The van der Waals surface area contributed by atoms with Crippen LogP contribution in [0, 0.1) is 14.9 Å². The van der Waals surface area contributed by atoms with E-state index in [0.29, 0.717) is 46.0 Å². The first kappa shape index (κ1) is 24.9. The third-order valence-electron chi connectivity index (χ3n) is 4.40. The number of hydrogen-bond donors (Lipinski definition) is 1. The quantitative estimate of drug-likeness (QED) is 0.172. The van der Waals surface area contributed by atoms with Crippen molar-refractivity contribution in [2.45, 2.75) is 13.5 Å². The molecular weight excluding hydrogens is 574 g/mol. The molecule has 0 radical (unpaired) electrons. The molecule has 0 aliphatic heterocycles. The van der Waals surface area contributed by atoms with Gasteiger partial charge >= 0.3 is 0 Å². The van der Waals surface area contributed by atoms with Crippen molar-refractivity contribution in [3.63, 3.8) is 0 Å². The monoisotopic (exact) mass is 592 g/mol. The first-order chi connectivity index (χ1) is 15.9. The van der Waals surface area contributed by atoms with E-state index in [1.807, 2.05) is 37.3 Å². The number of ether oxygens (including phenoxy) is 2. The van der Waals surface area contributed by atoms with Gasteiger partial charge in [-0.25, -0.2) is 0 Å². The van der Waals surface area contributed by atoms with E-state index < -0.39 is 5.91 Å². The maximum Gasteiger partial charge on any atom is 0.266 e. The van der Waals surface area contributed by atoms with Crippen LogP contribution in [0.1, 0.15) is 18.1 Å². The van der Waals surface area contributed by atoms with Crippen LogP contribution in [0.2, 0.25) is 10.0 Å². The van der Waals surface area contributed by atoms with Crippen molar-refractivity contribution in [1.82, 2.24) is 0 Å². The second kappa shape index (κ2) is 11.9. The molecule has 3 aromatic carbocycles. The molecule has 0 aliphatic rings. The Morgan fingerprint density at radius 1 is 1.12 bits per heavy atom. The molecule has 33 heavy (non-hydrogen) atoms. The summed E-state index contributed by atoms with van der Waals surface area (Å²) in [4.78, 5) is 12.6. The molecule has 168 valence electrons. The standard InChI is InChI=1S/C25H19Cl2IN2O3/c1-2-32-23-13-17(10-18(14-29)25(31)30-22-9-4-3-8-20(22)27)12-21(28)24(23)33-15-16-6-5-7-19(26)11-16/h3-13H,2,15H2,1H3,(H,30,31)/b18-10+. The van der Waals surface area contributed by atoms with Crippen molar-refractivity contribution in [3.05, 3.63) is 91.0 Å². The number of hydrogen-bond acceptors (Lipinski definition) is 4. The fourth-order valence-electron chi connectivity index (χ4n) is 2.92. The zero-order valence-corrected chi connectivity index (χ0v) is 21.2. The van der Waals surface area contributed by atoms with Gasteiger partial charge in [0.05, 0.1) is 20.9 Å². The van der Waals surface area contributed by atoms with Gasteiger partial charge in [-0.1, -0.05) is 47.5 Å². The van der Waals surface area contributed by atoms with Gasteiger partial charge in [0.15, 0.2) is 11.5 Å². The van der Waals surface area contributed by atoms with E-state index in [1.165, 1.54) is 6.08 Å². The summed E-state index contributed by atoms with van der Waals surface area (Å²) in [7, 11) is 0. The highest BCUT2D eigenvalue weighted by atomic mass is 127. The van der Waals surface area contributed by atoms with Gasteiger partial charge in [-0.2, -0.15) is 5.26 Å². The zero-order chi connectivity index (χ0) is 23.8. The number of carbonyl (C=O) groups excluding carboxylic acids is 1. The number of benzene rings is 3. The molecule has 0 atom stereocenters. The molecular formula is C25H19Cl2IN2O3. The molecule has 0 saturated carbocycles. The molecule has 1 N–H and O–H groups in total. The van der Waals surface area contributed by atoms with Crippen LogP contribution in [0.3, 0.4) is 0 Å². The number of carbonyl (C=O) groups is 1. The Balaban J connectivity index is 1.86. The van der Waals surface area contributed by atoms with Crippen LogP contribution >= 0.6 is 45.8 Å². The summed E-state index contributed by atoms with van der Waals surface area (Å²) in [5, 5.41) is 13.2. The number of amides is 1. The summed E-state index contributed by atoms with van der Waals surface area (Å²) in [5.41, 5.74) is 1.91. The molecule has 0 fully saturated rings. The van der Waals surface area contributed by atoms with Crippen molar-refractivity contribution >= 4 is 63.5 Å². The third kappa shape index (κ3) is 6.87. The predicted molar refractivity (Wildman–Crippen MR) is 140 cm³/mol. The summed E-state index contributed by atoms with van der Waals surface area (Å²) in [5.74, 6) is 0.537. The largest absolute Gasteiger partial charge is 0.490 e. The summed E-state index contributed by atoms with van der Waals surface area (Å²) in [6, 6.07) is 19.7. The molecule has 0 spiro atoms. The zero-order valence-electron chi connectivity index (χ0n) is 17.6. The van der Waals surface area contributed by atoms with Gasteiger partial charge in [0.2, 0.25) is 0 Å². The van der Waals surface area contributed by atoms with Crippen LogP contribution in [0.5, 0.6) is 11.5 Å². The molecule has 0 heterocycles. The number of nitrogens with zero attached hydrogens (tertiary/aromatic N) is 1. The molecule has 0 saturated heterocycles. The highest BCUT2D eigenvalue weighted by Crippen LogP contribution is 2.35. The minimum absolute atomic E-state index is 0.0687. The number of para-hydroxylation sites is 1. The van der Waals surface area contributed by atoms with Crippen LogP contribution < -0.4 is 14.8 Å². The average molecular weight is 593 g/mol. The Labute approximate surface area is 216 Å². The highest BCUT2D eigenvalue weighted by molar-refractivity contribution is 14.1. The minimum atomic E-state index is -0.556. The van der Waals surface area contributed by atoms with Crippen LogP contribution in [-0.4, -0.2) is 12.5 Å².